The molecule has 1 aromatic heterocycles. The summed E-state index contributed by atoms with van der Waals surface area (Å²) in [5.74, 6) is 0. The SMILES string of the molecule is c1ccc2c(c1)Sc1ccc(N(c3ccc4ccccc4c3)c3ccc4c(c3)sc3ccccc34)cc1C21c2ccccc2-c2cccc3cccc1c23. The molecule has 1 spiro atoms. The highest BCUT2D eigenvalue weighted by Gasteiger charge is 2.48. The topological polar surface area (TPSA) is 3.24 Å². The number of thiophene rings is 1. The number of fused-ring (bicyclic) bond motifs is 12. The lowest BCUT2D eigenvalue weighted by molar-refractivity contribution is 0.707. The van der Waals surface area contributed by atoms with Gasteiger partial charge in [0.05, 0.1) is 5.41 Å². The van der Waals surface area contributed by atoms with Crippen molar-refractivity contribution in [1.29, 1.82) is 0 Å². The van der Waals surface area contributed by atoms with Crippen molar-refractivity contribution in [3.05, 3.63) is 210 Å². The molecule has 1 atom stereocenters. The molecule has 1 nitrogen and oxygen atoms in total. The molecule has 0 N–H and O–H groups in total. The smallest absolute Gasteiger partial charge is 0.0736 e. The van der Waals surface area contributed by atoms with E-state index in [-0.39, 0.29) is 0 Å². The molecular formula is C51H31NS2. The lowest BCUT2D eigenvalue weighted by Gasteiger charge is -2.46. The predicted molar refractivity (Wildman–Crippen MR) is 230 cm³/mol. The maximum atomic E-state index is 2.51. The molecule has 0 radical (unpaired) electrons. The van der Waals surface area contributed by atoms with Crippen LogP contribution in [0, 0.1) is 0 Å². The van der Waals surface area contributed by atoms with Crippen LogP contribution in [-0.4, -0.2) is 0 Å². The molecule has 10 aromatic rings. The largest absolute Gasteiger partial charge is 0.310 e. The summed E-state index contributed by atoms with van der Waals surface area (Å²) in [4.78, 5) is 5.08. The highest BCUT2D eigenvalue weighted by atomic mass is 32.2. The van der Waals surface area contributed by atoms with Gasteiger partial charge in [0.2, 0.25) is 0 Å². The van der Waals surface area contributed by atoms with Gasteiger partial charge in [-0.2, -0.15) is 0 Å². The van der Waals surface area contributed by atoms with Crippen LogP contribution in [0.5, 0.6) is 0 Å². The second-order valence-corrected chi connectivity index (χ2v) is 16.6. The number of nitrogens with zero attached hydrogens (tertiary/aromatic N) is 1. The van der Waals surface area contributed by atoms with Gasteiger partial charge in [-0.15, -0.1) is 11.3 Å². The first kappa shape index (κ1) is 30.3. The van der Waals surface area contributed by atoms with E-state index >= 15 is 0 Å². The summed E-state index contributed by atoms with van der Waals surface area (Å²) in [6, 6.07) is 70.5. The first-order valence-electron chi connectivity index (χ1n) is 18.5. The molecule has 252 valence electrons. The van der Waals surface area contributed by atoms with E-state index in [0.29, 0.717) is 0 Å². The molecule has 0 fully saturated rings. The minimum absolute atomic E-state index is 0.512. The van der Waals surface area contributed by atoms with Crippen molar-refractivity contribution in [2.24, 2.45) is 0 Å². The van der Waals surface area contributed by atoms with Gasteiger partial charge in [-0.25, -0.2) is 0 Å². The van der Waals surface area contributed by atoms with Crippen molar-refractivity contribution in [2.45, 2.75) is 15.2 Å². The second-order valence-electron chi connectivity index (χ2n) is 14.4. The van der Waals surface area contributed by atoms with Crippen molar-refractivity contribution >= 4 is 81.9 Å². The quantitative estimate of drug-likeness (QED) is 0.179. The third kappa shape index (κ3) is 4.17. The van der Waals surface area contributed by atoms with Crippen molar-refractivity contribution in [2.75, 3.05) is 4.90 Å². The zero-order chi connectivity index (χ0) is 35.4. The summed E-state index contributed by atoms with van der Waals surface area (Å²) in [5, 5.41) is 7.72. The van der Waals surface area contributed by atoms with E-state index in [1.165, 1.54) is 84.9 Å². The molecule has 54 heavy (non-hydrogen) atoms. The molecule has 12 rings (SSSR count). The van der Waals surface area contributed by atoms with Gasteiger partial charge < -0.3 is 4.90 Å². The average Bonchev–Trinajstić information content (AvgIpc) is 3.60. The third-order valence-corrected chi connectivity index (χ3v) is 14.0. The van der Waals surface area contributed by atoms with Crippen LogP contribution in [-0.2, 0) is 5.41 Å². The Balaban J connectivity index is 1.17. The number of benzene rings is 9. The van der Waals surface area contributed by atoms with Crippen molar-refractivity contribution in [1.82, 2.24) is 0 Å². The van der Waals surface area contributed by atoms with Gasteiger partial charge in [0, 0.05) is 47.0 Å². The van der Waals surface area contributed by atoms with Crippen molar-refractivity contribution in [3.8, 4) is 11.1 Å². The summed E-state index contributed by atoms with van der Waals surface area (Å²) in [6.45, 7) is 0. The maximum Gasteiger partial charge on any atom is 0.0736 e. The van der Waals surface area contributed by atoms with Gasteiger partial charge in [0.15, 0.2) is 0 Å². The fourth-order valence-corrected chi connectivity index (χ4v) is 11.7. The number of hydrogen-bond donors (Lipinski definition) is 0. The van der Waals surface area contributed by atoms with Crippen LogP contribution in [0.25, 0.3) is 52.8 Å². The minimum Gasteiger partial charge on any atom is -0.310 e. The van der Waals surface area contributed by atoms with E-state index in [1.54, 1.807) is 0 Å². The van der Waals surface area contributed by atoms with Crippen LogP contribution in [0.15, 0.2) is 198 Å². The summed E-state index contributed by atoms with van der Waals surface area (Å²) in [7, 11) is 0. The third-order valence-electron chi connectivity index (χ3n) is 11.7. The Morgan fingerprint density at radius 1 is 0.370 bits per heavy atom. The fraction of sp³-hybridized carbons (Fsp3) is 0.0196. The molecule has 3 heteroatoms. The molecular weight excluding hydrogens is 691 g/mol. The first-order valence-corrected chi connectivity index (χ1v) is 20.1. The molecule has 1 unspecified atom stereocenters. The Labute approximate surface area is 321 Å². The van der Waals surface area contributed by atoms with Crippen molar-refractivity contribution in [3.63, 3.8) is 0 Å². The Kier molecular flexibility index (Phi) is 6.42. The Morgan fingerprint density at radius 3 is 1.94 bits per heavy atom. The van der Waals surface area contributed by atoms with Gasteiger partial charge in [-0.1, -0.05) is 145 Å². The number of hydrogen-bond acceptors (Lipinski definition) is 3. The average molecular weight is 722 g/mol. The van der Waals surface area contributed by atoms with E-state index in [9.17, 15) is 0 Å². The number of rotatable bonds is 3. The molecule has 0 amide bonds. The van der Waals surface area contributed by atoms with Crippen LogP contribution >= 0.6 is 23.1 Å². The van der Waals surface area contributed by atoms with Crippen LogP contribution in [0.1, 0.15) is 22.3 Å². The monoisotopic (exact) mass is 721 g/mol. The van der Waals surface area contributed by atoms with Gasteiger partial charge in [0.25, 0.3) is 0 Å². The molecule has 0 bridgehead atoms. The first-order chi connectivity index (χ1) is 26.8. The molecule has 2 heterocycles. The zero-order valence-corrected chi connectivity index (χ0v) is 30.8. The standard InChI is InChI=1S/C51H31NS2/c1-2-12-34-29-35(24-23-32(34)11-1)52(37-25-27-40-39-16-4-7-21-46(39)53-49(40)31-37)36-26-28-48-45(30-36)51(43-19-6-8-22-47(43)54-48)42-18-5-3-15-38(42)41-17-9-13-33-14-10-20-44(51)50(33)41/h1-31H. The molecule has 0 saturated carbocycles. The van der Waals surface area contributed by atoms with Gasteiger partial charge >= 0.3 is 0 Å². The van der Waals surface area contributed by atoms with E-state index in [0.717, 1.165) is 17.1 Å². The molecule has 1 aliphatic heterocycles. The van der Waals surface area contributed by atoms with E-state index in [2.05, 4.69) is 193 Å². The Bertz CT molecular complexity index is 3170. The number of anilines is 3. The summed E-state index contributed by atoms with van der Waals surface area (Å²) in [5.41, 5.74) is 10.9. The van der Waals surface area contributed by atoms with Crippen LogP contribution in [0.4, 0.5) is 17.1 Å². The Hall–Kier alpha value is -6.13. The summed E-state index contributed by atoms with van der Waals surface area (Å²) >= 11 is 3.77. The fourth-order valence-electron chi connectivity index (χ4n) is 9.43. The van der Waals surface area contributed by atoms with Crippen LogP contribution < -0.4 is 4.90 Å². The van der Waals surface area contributed by atoms with Gasteiger partial charge in [-0.3, -0.25) is 0 Å². The molecule has 9 aromatic carbocycles. The maximum absolute atomic E-state index is 2.51. The van der Waals surface area contributed by atoms with Crippen LogP contribution in [0.2, 0.25) is 0 Å². The van der Waals surface area contributed by atoms with Crippen molar-refractivity contribution < 1.29 is 0 Å². The minimum atomic E-state index is -0.512. The predicted octanol–water partition coefficient (Wildman–Crippen LogP) is 14.7. The molecule has 2 aliphatic rings. The normalized spacial score (nSPS) is 15.4. The van der Waals surface area contributed by atoms with E-state index in [1.807, 2.05) is 23.1 Å². The zero-order valence-electron chi connectivity index (χ0n) is 29.2. The van der Waals surface area contributed by atoms with Crippen LogP contribution in [0.3, 0.4) is 0 Å². The van der Waals surface area contributed by atoms with Gasteiger partial charge in [0.1, 0.15) is 0 Å². The summed E-state index contributed by atoms with van der Waals surface area (Å²) in [6.07, 6.45) is 0. The lowest BCUT2D eigenvalue weighted by atomic mass is 9.59. The Morgan fingerprint density at radius 2 is 1.00 bits per heavy atom. The van der Waals surface area contributed by atoms with Gasteiger partial charge in [-0.05, 0) is 110 Å². The van der Waals surface area contributed by atoms with E-state index in [4.69, 9.17) is 0 Å². The summed E-state index contributed by atoms with van der Waals surface area (Å²) < 4.78 is 2.61. The molecule has 0 saturated heterocycles. The van der Waals surface area contributed by atoms with E-state index < -0.39 is 5.41 Å². The molecule has 1 aliphatic carbocycles. The highest BCUT2D eigenvalue weighted by molar-refractivity contribution is 7.99. The second kappa shape index (κ2) is 11.4. The highest BCUT2D eigenvalue weighted by Crippen LogP contribution is 2.62. The lowest BCUT2D eigenvalue weighted by Crippen LogP contribution is -2.36.